The van der Waals surface area contributed by atoms with Crippen LogP contribution in [0.15, 0.2) is 47.1 Å². The molecule has 3 N–H and O–H groups in total. The Balaban J connectivity index is 2.64. The van der Waals surface area contributed by atoms with Crippen LogP contribution < -0.4 is 5.73 Å². The van der Waals surface area contributed by atoms with Gasteiger partial charge in [0, 0.05) is 0 Å². The Bertz CT molecular complexity index is 710. The van der Waals surface area contributed by atoms with Crippen molar-refractivity contribution in [3.8, 4) is 5.75 Å². The predicted octanol–water partition coefficient (Wildman–Crippen LogP) is 2.08. The van der Waals surface area contributed by atoms with E-state index in [1.807, 2.05) is 0 Å². The Kier molecular flexibility index (Phi) is 5.69. The molecule has 0 amide bonds. The van der Waals surface area contributed by atoms with Gasteiger partial charge in [-0.05, 0) is 38.5 Å². The molecule has 134 valence electrons. The van der Waals surface area contributed by atoms with Crippen molar-refractivity contribution in [2.45, 2.75) is 26.7 Å². The topological polar surface area (TPSA) is 108 Å². The maximum atomic E-state index is 12.5. The Morgan fingerprint density at radius 2 is 1.76 bits per heavy atom. The van der Waals surface area contributed by atoms with Crippen LogP contribution in [0.5, 0.6) is 5.75 Å². The third-order valence-electron chi connectivity index (χ3n) is 3.68. The number of benzene rings is 1. The molecule has 0 saturated heterocycles. The third kappa shape index (κ3) is 3.76. The molecule has 0 fully saturated rings. The summed E-state index contributed by atoms with van der Waals surface area (Å²) in [4.78, 5) is 24.9. The summed E-state index contributed by atoms with van der Waals surface area (Å²) in [6.07, 6.45) is 0. The average molecular weight is 347 g/mol. The first kappa shape index (κ1) is 18.4. The van der Waals surface area contributed by atoms with Crippen LogP contribution in [0.1, 0.15) is 32.3 Å². The first-order valence-corrected chi connectivity index (χ1v) is 7.92. The number of aromatic hydroxyl groups is 1. The number of phenolic OH excluding ortho intramolecular Hbond substituents is 1. The Labute approximate surface area is 145 Å². The summed E-state index contributed by atoms with van der Waals surface area (Å²) in [6.45, 7) is 5.21. The summed E-state index contributed by atoms with van der Waals surface area (Å²) in [5.74, 6) is -2.09. The molecule has 0 spiro atoms. The van der Waals surface area contributed by atoms with Crippen LogP contribution in [0, 0.1) is 0 Å². The SMILES string of the molecule is CCOC(=O)C1=C(C)OC(N)=C(C(=O)OCC)[C@H]1c1cccc(O)c1. The van der Waals surface area contributed by atoms with E-state index in [-0.39, 0.29) is 41.8 Å². The molecule has 7 nitrogen and oxygen atoms in total. The van der Waals surface area contributed by atoms with Gasteiger partial charge in [0.05, 0.1) is 24.7 Å². The van der Waals surface area contributed by atoms with E-state index < -0.39 is 17.9 Å². The number of allylic oxidation sites excluding steroid dienone is 1. The number of carbonyl (C=O) groups is 2. The van der Waals surface area contributed by atoms with E-state index in [0.29, 0.717) is 5.56 Å². The molecule has 0 radical (unpaired) electrons. The van der Waals surface area contributed by atoms with Crippen molar-refractivity contribution in [3.63, 3.8) is 0 Å². The molecule has 1 aromatic carbocycles. The van der Waals surface area contributed by atoms with Crippen molar-refractivity contribution in [1.29, 1.82) is 0 Å². The molecule has 7 heteroatoms. The lowest BCUT2D eigenvalue weighted by Crippen LogP contribution is -2.30. The van der Waals surface area contributed by atoms with Crippen molar-refractivity contribution in [3.05, 3.63) is 52.6 Å². The van der Waals surface area contributed by atoms with Crippen LogP contribution in [0.4, 0.5) is 0 Å². The maximum absolute atomic E-state index is 12.5. The third-order valence-corrected chi connectivity index (χ3v) is 3.68. The van der Waals surface area contributed by atoms with Gasteiger partial charge in [-0.15, -0.1) is 0 Å². The number of ether oxygens (including phenoxy) is 3. The van der Waals surface area contributed by atoms with Crippen LogP contribution in [0.3, 0.4) is 0 Å². The van der Waals surface area contributed by atoms with Crippen LogP contribution in [0.2, 0.25) is 0 Å². The van der Waals surface area contributed by atoms with E-state index in [9.17, 15) is 14.7 Å². The molecule has 1 atom stereocenters. The van der Waals surface area contributed by atoms with Gasteiger partial charge in [0.1, 0.15) is 17.1 Å². The van der Waals surface area contributed by atoms with E-state index in [0.717, 1.165) is 0 Å². The van der Waals surface area contributed by atoms with Crippen LogP contribution >= 0.6 is 0 Å². The Hall–Kier alpha value is -2.96. The summed E-state index contributed by atoms with van der Waals surface area (Å²) in [5, 5.41) is 9.81. The lowest BCUT2D eigenvalue weighted by Gasteiger charge is -2.28. The highest BCUT2D eigenvalue weighted by Crippen LogP contribution is 2.41. The highest BCUT2D eigenvalue weighted by atomic mass is 16.5. The van der Waals surface area contributed by atoms with E-state index in [1.54, 1.807) is 32.9 Å². The van der Waals surface area contributed by atoms with Gasteiger partial charge in [-0.3, -0.25) is 0 Å². The molecule has 25 heavy (non-hydrogen) atoms. The average Bonchev–Trinajstić information content (AvgIpc) is 2.54. The highest BCUT2D eigenvalue weighted by molar-refractivity contribution is 5.99. The van der Waals surface area contributed by atoms with Crippen molar-refractivity contribution in [2.24, 2.45) is 5.73 Å². The van der Waals surface area contributed by atoms with Gasteiger partial charge in [0.25, 0.3) is 0 Å². The van der Waals surface area contributed by atoms with E-state index in [2.05, 4.69) is 0 Å². The second-order valence-electron chi connectivity index (χ2n) is 5.32. The molecule has 2 rings (SSSR count). The molecule has 0 aromatic heterocycles. The van der Waals surface area contributed by atoms with Gasteiger partial charge >= 0.3 is 11.9 Å². The van der Waals surface area contributed by atoms with E-state index in [1.165, 1.54) is 12.1 Å². The number of rotatable bonds is 5. The second-order valence-corrected chi connectivity index (χ2v) is 5.32. The zero-order valence-corrected chi connectivity index (χ0v) is 14.4. The molecule has 0 unspecified atom stereocenters. The number of esters is 2. The maximum Gasteiger partial charge on any atom is 0.340 e. The fraction of sp³-hybridized carbons (Fsp3) is 0.333. The summed E-state index contributed by atoms with van der Waals surface area (Å²) >= 11 is 0. The van der Waals surface area contributed by atoms with Crippen molar-refractivity contribution in [2.75, 3.05) is 13.2 Å². The summed E-state index contributed by atoms with van der Waals surface area (Å²) in [7, 11) is 0. The van der Waals surface area contributed by atoms with E-state index >= 15 is 0 Å². The normalized spacial score (nSPS) is 17.2. The predicted molar refractivity (Wildman–Crippen MR) is 89.1 cm³/mol. The van der Waals surface area contributed by atoms with Crippen LogP contribution in [-0.2, 0) is 23.8 Å². The monoisotopic (exact) mass is 347 g/mol. The fourth-order valence-corrected chi connectivity index (χ4v) is 2.70. The molecular formula is C18H21NO6. The molecule has 1 aliphatic rings. The minimum Gasteiger partial charge on any atom is -0.508 e. The first-order valence-electron chi connectivity index (χ1n) is 7.92. The first-order chi connectivity index (χ1) is 11.9. The summed E-state index contributed by atoms with van der Waals surface area (Å²) in [5.41, 5.74) is 6.55. The quantitative estimate of drug-likeness (QED) is 0.785. The van der Waals surface area contributed by atoms with Gasteiger partial charge in [0.2, 0.25) is 5.88 Å². The Morgan fingerprint density at radius 3 is 2.32 bits per heavy atom. The van der Waals surface area contributed by atoms with Crippen molar-refractivity contribution < 1.29 is 28.9 Å². The zero-order valence-electron chi connectivity index (χ0n) is 14.4. The molecule has 1 heterocycles. The molecule has 1 aliphatic heterocycles. The van der Waals surface area contributed by atoms with Gasteiger partial charge in [-0.2, -0.15) is 0 Å². The molecule has 0 bridgehead atoms. The smallest absolute Gasteiger partial charge is 0.340 e. The number of hydrogen-bond acceptors (Lipinski definition) is 7. The highest BCUT2D eigenvalue weighted by Gasteiger charge is 2.40. The second kappa shape index (κ2) is 7.74. The lowest BCUT2D eigenvalue weighted by molar-refractivity contribution is -0.140. The molecule has 1 aromatic rings. The largest absolute Gasteiger partial charge is 0.508 e. The van der Waals surface area contributed by atoms with E-state index in [4.69, 9.17) is 19.9 Å². The zero-order chi connectivity index (χ0) is 18.6. The molecular weight excluding hydrogens is 326 g/mol. The number of phenols is 1. The summed E-state index contributed by atoms with van der Waals surface area (Å²) < 4.78 is 15.6. The van der Waals surface area contributed by atoms with Crippen LogP contribution in [0.25, 0.3) is 0 Å². The van der Waals surface area contributed by atoms with Gasteiger partial charge in [-0.1, -0.05) is 12.1 Å². The molecule has 0 saturated carbocycles. The van der Waals surface area contributed by atoms with Crippen LogP contribution in [-0.4, -0.2) is 30.3 Å². The number of carbonyl (C=O) groups excluding carboxylic acids is 2. The number of hydrogen-bond donors (Lipinski definition) is 2. The lowest BCUT2D eigenvalue weighted by atomic mass is 9.82. The van der Waals surface area contributed by atoms with Crippen molar-refractivity contribution in [1.82, 2.24) is 0 Å². The fourth-order valence-electron chi connectivity index (χ4n) is 2.70. The minimum atomic E-state index is -0.862. The van der Waals surface area contributed by atoms with Crippen molar-refractivity contribution >= 4 is 11.9 Å². The summed E-state index contributed by atoms with van der Waals surface area (Å²) in [6, 6.07) is 6.22. The van der Waals surface area contributed by atoms with Gasteiger partial charge < -0.3 is 25.1 Å². The molecule has 0 aliphatic carbocycles. The van der Waals surface area contributed by atoms with Gasteiger partial charge in [-0.25, -0.2) is 9.59 Å². The van der Waals surface area contributed by atoms with Gasteiger partial charge in [0.15, 0.2) is 0 Å². The standard InChI is InChI=1S/C18H21NO6/c1-4-23-17(21)13-10(3)25-16(19)15(18(22)24-5-2)14(13)11-7-6-8-12(20)9-11/h6-9,14,20H,4-5,19H2,1-3H3/t14-/m0/s1. The minimum absolute atomic E-state index is 0.00102. The number of nitrogens with two attached hydrogens (primary N) is 1. The Morgan fingerprint density at radius 1 is 1.16 bits per heavy atom.